The van der Waals surface area contributed by atoms with Gasteiger partial charge in [-0.2, -0.15) is 13.2 Å². The van der Waals surface area contributed by atoms with Crippen molar-refractivity contribution < 1.29 is 27.6 Å². The molecule has 0 aliphatic carbocycles. The number of carbonyl (C=O) groups is 1. The summed E-state index contributed by atoms with van der Waals surface area (Å²) in [5.74, 6) is 0. The van der Waals surface area contributed by atoms with E-state index in [0.717, 1.165) is 12.1 Å². The fourth-order valence-corrected chi connectivity index (χ4v) is 2.71. The van der Waals surface area contributed by atoms with Crippen LogP contribution >= 0.6 is 0 Å². The van der Waals surface area contributed by atoms with Gasteiger partial charge >= 0.3 is 12.3 Å². The number of hydrogen-bond donors (Lipinski definition) is 1. The van der Waals surface area contributed by atoms with E-state index >= 15 is 0 Å². The second-order valence-corrected chi connectivity index (χ2v) is 7.03. The summed E-state index contributed by atoms with van der Waals surface area (Å²) in [6, 6.07) is 2.29. The molecule has 1 aliphatic rings. The number of carbonyl (C=O) groups excluding carboxylic acids is 1. The number of ether oxygens (including phenoxy) is 1. The van der Waals surface area contributed by atoms with Crippen molar-refractivity contribution in [2.24, 2.45) is 0 Å². The lowest BCUT2D eigenvalue weighted by Gasteiger charge is -2.24. The second kappa shape index (κ2) is 7.00. The number of benzene rings is 1. The van der Waals surface area contributed by atoms with E-state index in [1.807, 2.05) is 0 Å². The Morgan fingerprint density at radius 1 is 1.35 bits per heavy atom. The molecule has 1 heterocycles. The number of alkyl halides is 3. The third kappa shape index (κ3) is 4.99. The number of halogens is 3. The molecular weight excluding hydrogens is 355 g/mol. The van der Waals surface area contributed by atoms with Gasteiger partial charge in [0, 0.05) is 30.9 Å². The van der Waals surface area contributed by atoms with Crippen molar-refractivity contribution in [1.29, 1.82) is 0 Å². The van der Waals surface area contributed by atoms with E-state index in [9.17, 15) is 28.1 Å². The van der Waals surface area contributed by atoms with Crippen LogP contribution in [0.1, 0.15) is 32.8 Å². The Hall–Kier alpha value is -2.52. The van der Waals surface area contributed by atoms with E-state index < -0.39 is 34.0 Å². The Morgan fingerprint density at radius 2 is 2.00 bits per heavy atom. The normalized spacial score (nSPS) is 17.9. The molecule has 144 valence electrons. The number of nitrogens with one attached hydrogen (secondary N) is 1. The molecule has 0 aromatic heterocycles. The largest absolute Gasteiger partial charge is 0.444 e. The van der Waals surface area contributed by atoms with Crippen molar-refractivity contribution in [3.63, 3.8) is 0 Å². The van der Waals surface area contributed by atoms with E-state index in [1.54, 1.807) is 20.8 Å². The van der Waals surface area contributed by atoms with Crippen LogP contribution in [-0.2, 0) is 10.9 Å². The molecule has 0 spiro atoms. The summed E-state index contributed by atoms with van der Waals surface area (Å²) >= 11 is 0. The summed E-state index contributed by atoms with van der Waals surface area (Å²) in [5, 5.41) is 13.4. The van der Waals surface area contributed by atoms with E-state index in [0.29, 0.717) is 12.5 Å². The molecule has 10 heteroatoms. The van der Waals surface area contributed by atoms with Crippen LogP contribution in [0.15, 0.2) is 18.2 Å². The lowest BCUT2D eigenvalue weighted by Crippen LogP contribution is -2.40. The van der Waals surface area contributed by atoms with Crippen molar-refractivity contribution in [3.05, 3.63) is 33.9 Å². The molecule has 0 bridgehead atoms. The maximum Gasteiger partial charge on any atom is 0.418 e. The average Bonchev–Trinajstić information content (AvgIpc) is 2.91. The van der Waals surface area contributed by atoms with E-state index in [4.69, 9.17) is 4.74 Å². The van der Waals surface area contributed by atoms with Crippen molar-refractivity contribution in [2.75, 3.05) is 18.0 Å². The number of nitrogens with zero attached hydrogens (tertiary/aromatic N) is 2. The van der Waals surface area contributed by atoms with Crippen LogP contribution in [0.5, 0.6) is 0 Å². The minimum atomic E-state index is -4.72. The summed E-state index contributed by atoms with van der Waals surface area (Å²) in [6.45, 7) is 5.56. The van der Waals surface area contributed by atoms with Crippen LogP contribution in [0.4, 0.5) is 29.3 Å². The third-order valence-electron chi connectivity index (χ3n) is 3.75. The van der Waals surface area contributed by atoms with Crippen molar-refractivity contribution >= 4 is 17.5 Å². The van der Waals surface area contributed by atoms with Gasteiger partial charge in [0.05, 0.1) is 16.5 Å². The highest BCUT2D eigenvalue weighted by Crippen LogP contribution is 2.39. The van der Waals surface area contributed by atoms with Gasteiger partial charge in [-0.05, 0) is 33.3 Å². The lowest BCUT2D eigenvalue weighted by atomic mass is 10.1. The first-order valence-electron chi connectivity index (χ1n) is 7.97. The molecule has 1 atom stereocenters. The molecule has 1 saturated heterocycles. The first kappa shape index (κ1) is 19.8. The number of nitro groups is 1. The second-order valence-electron chi connectivity index (χ2n) is 7.03. The van der Waals surface area contributed by atoms with Crippen LogP contribution in [0.2, 0.25) is 0 Å². The number of non-ortho nitro benzene ring substituents is 1. The molecular formula is C16H20F3N3O4. The number of amides is 1. The fraction of sp³-hybridized carbons (Fsp3) is 0.562. The number of nitro benzene ring substituents is 1. The number of anilines is 1. The standard InChI is InChI=1S/C16H20F3N3O4/c1-15(2,3)26-14(23)20-10-6-7-21(9-10)13-5-4-11(22(24)25)8-12(13)16(17,18)19/h4-5,8,10H,6-7,9H2,1-3H3,(H,20,23)/t10-/m0/s1. The monoisotopic (exact) mass is 375 g/mol. The molecule has 1 fully saturated rings. The minimum Gasteiger partial charge on any atom is -0.444 e. The van der Waals surface area contributed by atoms with Crippen LogP contribution in [0.3, 0.4) is 0 Å². The Kier molecular flexibility index (Phi) is 5.33. The van der Waals surface area contributed by atoms with Crippen LogP contribution < -0.4 is 10.2 Å². The third-order valence-corrected chi connectivity index (χ3v) is 3.75. The highest BCUT2D eigenvalue weighted by Gasteiger charge is 2.38. The molecule has 1 amide bonds. The first-order valence-corrected chi connectivity index (χ1v) is 7.97. The average molecular weight is 375 g/mol. The molecule has 1 aliphatic heterocycles. The summed E-state index contributed by atoms with van der Waals surface area (Å²) in [6.07, 6.45) is -4.92. The molecule has 7 nitrogen and oxygen atoms in total. The smallest absolute Gasteiger partial charge is 0.418 e. The van der Waals surface area contributed by atoms with Crippen molar-refractivity contribution in [3.8, 4) is 0 Å². The molecule has 2 rings (SSSR count). The van der Waals surface area contributed by atoms with E-state index in [1.165, 1.54) is 4.90 Å². The minimum absolute atomic E-state index is 0.142. The summed E-state index contributed by atoms with van der Waals surface area (Å²) < 4.78 is 45.0. The van der Waals surface area contributed by atoms with Gasteiger partial charge in [-0.25, -0.2) is 4.79 Å². The van der Waals surface area contributed by atoms with Crippen LogP contribution in [0.25, 0.3) is 0 Å². The van der Waals surface area contributed by atoms with Gasteiger partial charge < -0.3 is 15.0 Å². The van der Waals surface area contributed by atoms with Crippen molar-refractivity contribution in [2.45, 2.75) is 45.0 Å². The van der Waals surface area contributed by atoms with Gasteiger partial charge in [0.15, 0.2) is 0 Å². The highest BCUT2D eigenvalue weighted by molar-refractivity contribution is 5.68. The lowest BCUT2D eigenvalue weighted by molar-refractivity contribution is -0.385. The summed E-state index contributed by atoms with van der Waals surface area (Å²) in [4.78, 5) is 23.1. The van der Waals surface area contributed by atoms with E-state index in [2.05, 4.69) is 5.32 Å². The molecule has 26 heavy (non-hydrogen) atoms. The number of rotatable bonds is 3. The molecule has 1 aromatic rings. The maximum absolute atomic E-state index is 13.3. The number of hydrogen-bond acceptors (Lipinski definition) is 5. The zero-order valence-electron chi connectivity index (χ0n) is 14.6. The summed E-state index contributed by atoms with van der Waals surface area (Å²) in [7, 11) is 0. The maximum atomic E-state index is 13.3. The molecule has 1 aromatic carbocycles. The van der Waals surface area contributed by atoms with Gasteiger partial charge in [-0.1, -0.05) is 0 Å². The molecule has 0 saturated carbocycles. The molecule has 0 unspecified atom stereocenters. The quantitative estimate of drug-likeness (QED) is 0.643. The Bertz CT molecular complexity index is 701. The van der Waals surface area contributed by atoms with Gasteiger partial charge in [-0.3, -0.25) is 10.1 Å². The van der Waals surface area contributed by atoms with E-state index in [-0.39, 0.29) is 24.8 Å². The topological polar surface area (TPSA) is 84.7 Å². The van der Waals surface area contributed by atoms with Gasteiger partial charge in [0.1, 0.15) is 5.60 Å². The predicted octanol–water partition coefficient (Wildman–Crippen LogP) is 3.72. The van der Waals surface area contributed by atoms with Gasteiger partial charge in [-0.15, -0.1) is 0 Å². The zero-order chi connectivity index (χ0) is 19.7. The van der Waals surface area contributed by atoms with Crippen LogP contribution in [-0.4, -0.2) is 35.7 Å². The highest BCUT2D eigenvalue weighted by atomic mass is 19.4. The van der Waals surface area contributed by atoms with Crippen LogP contribution in [0, 0.1) is 10.1 Å². The molecule has 0 radical (unpaired) electrons. The fourth-order valence-electron chi connectivity index (χ4n) is 2.71. The van der Waals surface area contributed by atoms with Gasteiger partial charge in [0.25, 0.3) is 5.69 Å². The SMILES string of the molecule is CC(C)(C)OC(=O)N[C@H]1CCN(c2ccc([N+](=O)[O-])cc2C(F)(F)F)C1. The Morgan fingerprint density at radius 3 is 2.54 bits per heavy atom. The first-order chi connectivity index (χ1) is 11.9. The Balaban J connectivity index is 2.15. The van der Waals surface area contributed by atoms with Crippen molar-refractivity contribution in [1.82, 2.24) is 5.32 Å². The predicted molar refractivity (Wildman–Crippen MR) is 88.1 cm³/mol. The van der Waals surface area contributed by atoms with Gasteiger partial charge in [0.2, 0.25) is 0 Å². The Labute approximate surface area is 148 Å². The zero-order valence-corrected chi connectivity index (χ0v) is 14.6. The summed E-state index contributed by atoms with van der Waals surface area (Å²) in [5.41, 5.74) is -2.51. The molecule has 1 N–H and O–H groups in total. The number of alkyl carbamates (subject to hydrolysis) is 1.